The molecule has 0 radical (unpaired) electrons. The van der Waals surface area contributed by atoms with Crippen molar-refractivity contribution in [3.8, 4) is 5.75 Å². The van der Waals surface area contributed by atoms with Crippen molar-refractivity contribution >= 4 is 0 Å². The molecule has 1 saturated heterocycles. The van der Waals surface area contributed by atoms with E-state index in [9.17, 15) is 0 Å². The second-order valence-corrected chi connectivity index (χ2v) is 4.69. The van der Waals surface area contributed by atoms with Crippen molar-refractivity contribution < 1.29 is 14.2 Å². The molecule has 0 spiro atoms. The zero-order chi connectivity index (χ0) is 13.1. The Balaban J connectivity index is 2.13. The SMILES string of the molecule is COc1cc(C)c(C(N)CC2OCCO2)cc1C. The average molecular weight is 251 g/mol. The van der Waals surface area contributed by atoms with Crippen LogP contribution in [0.15, 0.2) is 12.1 Å². The average Bonchev–Trinajstić information content (AvgIpc) is 2.84. The fraction of sp³-hybridized carbons (Fsp3) is 0.571. The van der Waals surface area contributed by atoms with Gasteiger partial charge < -0.3 is 19.9 Å². The number of hydrogen-bond donors (Lipinski definition) is 1. The molecule has 0 aromatic heterocycles. The smallest absolute Gasteiger partial charge is 0.159 e. The van der Waals surface area contributed by atoms with Crippen LogP contribution in [0.25, 0.3) is 0 Å². The van der Waals surface area contributed by atoms with Crippen LogP contribution in [0.1, 0.15) is 29.2 Å². The van der Waals surface area contributed by atoms with E-state index in [2.05, 4.69) is 6.07 Å². The van der Waals surface area contributed by atoms with E-state index in [-0.39, 0.29) is 12.3 Å². The molecular weight excluding hydrogens is 230 g/mol. The van der Waals surface area contributed by atoms with Crippen molar-refractivity contribution in [3.63, 3.8) is 0 Å². The second-order valence-electron chi connectivity index (χ2n) is 4.69. The molecule has 4 nitrogen and oxygen atoms in total. The Hall–Kier alpha value is -1.10. The minimum atomic E-state index is -0.165. The van der Waals surface area contributed by atoms with Gasteiger partial charge in [0.1, 0.15) is 5.75 Å². The molecule has 0 saturated carbocycles. The molecule has 0 aliphatic carbocycles. The maximum atomic E-state index is 6.24. The van der Waals surface area contributed by atoms with E-state index in [0.717, 1.165) is 22.4 Å². The first-order valence-electron chi connectivity index (χ1n) is 6.25. The standard InChI is InChI=1S/C14H21NO3/c1-9-7-13(16-3)10(2)6-11(9)12(15)8-14-17-4-5-18-14/h6-7,12,14H,4-5,8,15H2,1-3H3. The van der Waals surface area contributed by atoms with Gasteiger partial charge in [0, 0.05) is 12.5 Å². The molecule has 0 amide bonds. The van der Waals surface area contributed by atoms with E-state index >= 15 is 0 Å². The molecule has 1 aromatic rings. The highest BCUT2D eigenvalue weighted by atomic mass is 16.7. The molecule has 2 rings (SSSR count). The zero-order valence-electron chi connectivity index (χ0n) is 11.2. The second kappa shape index (κ2) is 5.69. The summed E-state index contributed by atoms with van der Waals surface area (Å²) in [5.41, 5.74) is 9.61. The van der Waals surface area contributed by atoms with Gasteiger partial charge in [0.15, 0.2) is 6.29 Å². The molecule has 4 heteroatoms. The molecule has 0 bridgehead atoms. The van der Waals surface area contributed by atoms with E-state index in [1.54, 1.807) is 7.11 Å². The Morgan fingerprint density at radius 2 is 1.94 bits per heavy atom. The number of nitrogens with two attached hydrogens (primary N) is 1. The lowest BCUT2D eigenvalue weighted by Crippen LogP contribution is -2.20. The van der Waals surface area contributed by atoms with Gasteiger partial charge in [-0.15, -0.1) is 0 Å². The highest BCUT2D eigenvalue weighted by Crippen LogP contribution is 2.28. The molecule has 100 valence electrons. The Labute approximate surface area is 108 Å². The third-order valence-corrected chi connectivity index (χ3v) is 3.32. The number of benzene rings is 1. The first kappa shape index (κ1) is 13.3. The number of aryl methyl sites for hydroxylation is 2. The van der Waals surface area contributed by atoms with Crippen molar-refractivity contribution in [1.29, 1.82) is 0 Å². The third-order valence-electron chi connectivity index (χ3n) is 3.32. The summed E-state index contributed by atoms with van der Waals surface area (Å²) in [6.45, 7) is 5.40. The lowest BCUT2D eigenvalue weighted by molar-refractivity contribution is -0.0508. The lowest BCUT2D eigenvalue weighted by atomic mass is 9.96. The largest absolute Gasteiger partial charge is 0.496 e. The van der Waals surface area contributed by atoms with Gasteiger partial charge in [-0.1, -0.05) is 6.07 Å². The van der Waals surface area contributed by atoms with Gasteiger partial charge in [0.25, 0.3) is 0 Å². The summed E-state index contributed by atoms with van der Waals surface area (Å²) in [6, 6.07) is 4.05. The topological polar surface area (TPSA) is 53.7 Å². The zero-order valence-corrected chi connectivity index (χ0v) is 11.2. The molecule has 1 atom stereocenters. The Morgan fingerprint density at radius 1 is 1.28 bits per heavy atom. The van der Waals surface area contributed by atoms with Crippen molar-refractivity contribution in [2.45, 2.75) is 32.6 Å². The highest BCUT2D eigenvalue weighted by molar-refractivity contribution is 5.42. The van der Waals surface area contributed by atoms with Crippen molar-refractivity contribution in [2.75, 3.05) is 20.3 Å². The van der Waals surface area contributed by atoms with Crippen LogP contribution in [-0.2, 0) is 9.47 Å². The van der Waals surface area contributed by atoms with Crippen LogP contribution < -0.4 is 10.5 Å². The molecule has 1 unspecified atom stereocenters. The molecule has 1 aliphatic heterocycles. The van der Waals surface area contributed by atoms with E-state index < -0.39 is 0 Å². The van der Waals surface area contributed by atoms with E-state index in [1.807, 2.05) is 19.9 Å². The third kappa shape index (κ3) is 2.83. The number of hydrogen-bond acceptors (Lipinski definition) is 4. The minimum Gasteiger partial charge on any atom is -0.496 e. The number of ether oxygens (including phenoxy) is 3. The van der Waals surface area contributed by atoms with Crippen LogP contribution in [0.2, 0.25) is 0 Å². The summed E-state index contributed by atoms with van der Waals surface area (Å²) in [5, 5.41) is 0. The number of rotatable bonds is 4. The molecule has 1 fully saturated rings. The van der Waals surface area contributed by atoms with Gasteiger partial charge in [-0.05, 0) is 36.6 Å². The van der Waals surface area contributed by atoms with Crippen LogP contribution in [0.3, 0.4) is 0 Å². The van der Waals surface area contributed by atoms with Crippen LogP contribution in [0, 0.1) is 13.8 Å². The summed E-state index contributed by atoms with van der Waals surface area (Å²) in [4.78, 5) is 0. The van der Waals surface area contributed by atoms with Crippen LogP contribution >= 0.6 is 0 Å². The normalized spacial score (nSPS) is 18.0. The first-order chi connectivity index (χ1) is 8.61. The molecule has 1 aromatic carbocycles. The predicted octanol–water partition coefficient (Wildman–Crippen LogP) is 2.07. The Kier molecular flexibility index (Phi) is 4.22. The summed E-state index contributed by atoms with van der Waals surface area (Å²) < 4.78 is 16.2. The van der Waals surface area contributed by atoms with Gasteiger partial charge in [-0.3, -0.25) is 0 Å². The van der Waals surface area contributed by atoms with E-state index in [1.165, 1.54) is 0 Å². The Morgan fingerprint density at radius 3 is 2.56 bits per heavy atom. The fourth-order valence-corrected chi connectivity index (χ4v) is 2.31. The van der Waals surface area contributed by atoms with E-state index in [0.29, 0.717) is 19.6 Å². The quantitative estimate of drug-likeness (QED) is 0.890. The fourth-order valence-electron chi connectivity index (χ4n) is 2.31. The maximum absolute atomic E-state index is 6.24. The van der Waals surface area contributed by atoms with Gasteiger partial charge in [-0.25, -0.2) is 0 Å². The molecule has 2 N–H and O–H groups in total. The molecule has 1 heterocycles. The molecular formula is C14H21NO3. The van der Waals surface area contributed by atoms with Crippen molar-refractivity contribution in [2.24, 2.45) is 5.73 Å². The van der Waals surface area contributed by atoms with Crippen molar-refractivity contribution in [3.05, 3.63) is 28.8 Å². The lowest BCUT2D eigenvalue weighted by Gasteiger charge is -2.19. The van der Waals surface area contributed by atoms with Crippen LogP contribution in [0.4, 0.5) is 0 Å². The van der Waals surface area contributed by atoms with Crippen LogP contribution in [-0.4, -0.2) is 26.6 Å². The van der Waals surface area contributed by atoms with Gasteiger partial charge in [0.05, 0.1) is 20.3 Å². The Bertz CT molecular complexity index is 414. The van der Waals surface area contributed by atoms with Crippen molar-refractivity contribution in [1.82, 2.24) is 0 Å². The van der Waals surface area contributed by atoms with Gasteiger partial charge in [-0.2, -0.15) is 0 Å². The summed E-state index contributed by atoms with van der Waals surface area (Å²) in [5.74, 6) is 0.900. The summed E-state index contributed by atoms with van der Waals surface area (Å²) in [7, 11) is 1.68. The maximum Gasteiger partial charge on any atom is 0.159 e. The van der Waals surface area contributed by atoms with E-state index in [4.69, 9.17) is 19.9 Å². The minimum absolute atomic E-state index is 0.0716. The highest BCUT2D eigenvalue weighted by Gasteiger charge is 2.21. The van der Waals surface area contributed by atoms with Crippen LogP contribution in [0.5, 0.6) is 5.75 Å². The van der Waals surface area contributed by atoms with Gasteiger partial charge >= 0.3 is 0 Å². The molecule has 1 aliphatic rings. The number of methoxy groups -OCH3 is 1. The summed E-state index contributed by atoms with van der Waals surface area (Å²) >= 11 is 0. The summed E-state index contributed by atoms with van der Waals surface area (Å²) in [6.07, 6.45) is 0.522. The molecule has 18 heavy (non-hydrogen) atoms. The van der Waals surface area contributed by atoms with Gasteiger partial charge in [0.2, 0.25) is 0 Å². The predicted molar refractivity (Wildman–Crippen MR) is 69.7 cm³/mol. The first-order valence-corrected chi connectivity index (χ1v) is 6.25. The monoisotopic (exact) mass is 251 g/mol.